The van der Waals surface area contributed by atoms with Gasteiger partial charge in [0.15, 0.2) is 11.5 Å². The number of carboxylic acid groups (broad SMARTS) is 2. The minimum atomic E-state index is -2.21. The van der Waals surface area contributed by atoms with Crippen molar-refractivity contribution in [1.29, 1.82) is 5.41 Å². The number of phenolic OH excluding ortho intramolecular Hbond substituents is 1. The maximum absolute atomic E-state index is 15.5. The molecule has 0 saturated carbocycles. The largest absolute Gasteiger partial charge is 0.504 e. The summed E-state index contributed by atoms with van der Waals surface area (Å²) in [6, 6.07) is 9.60. The minimum absolute atomic E-state index is 0.00199. The number of benzene rings is 2. The Morgan fingerprint density at radius 1 is 1.10 bits per heavy atom. The average Bonchev–Trinajstić information content (AvgIpc) is 3.35. The van der Waals surface area contributed by atoms with Crippen molar-refractivity contribution in [3.8, 4) is 46.1 Å². The number of carbonyl (C=O) groups is 2. The quantitative estimate of drug-likeness (QED) is 0.130. The number of aryl methyl sites for hydroxylation is 1. The predicted molar refractivity (Wildman–Crippen MR) is 136 cm³/mol. The van der Waals surface area contributed by atoms with Crippen molar-refractivity contribution in [3.05, 3.63) is 72.1 Å². The SMILES string of the molecule is Cn1ccnc1-c1cccc(Oc2nc(Oc3cc(C(=N)N)ccc3O)c(F)c(OC(CC(=O)O)C(=O)O)c2F)c1. The fourth-order valence-electron chi connectivity index (χ4n) is 3.52. The number of aliphatic carboxylic acids is 2. The molecule has 0 fully saturated rings. The third kappa shape index (κ3) is 6.30. The third-order valence-corrected chi connectivity index (χ3v) is 5.48. The van der Waals surface area contributed by atoms with Gasteiger partial charge in [-0.15, -0.1) is 0 Å². The zero-order valence-corrected chi connectivity index (χ0v) is 21.0. The Bertz CT molecular complexity index is 1660. The van der Waals surface area contributed by atoms with Gasteiger partial charge in [-0.25, -0.2) is 9.78 Å². The monoisotopic (exact) mass is 569 g/mol. The second-order valence-electron chi connectivity index (χ2n) is 8.41. The molecule has 212 valence electrons. The lowest BCUT2D eigenvalue weighted by molar-refractivity contribution is -0.151. The van der Waals surface area contributed by atoms with Gasteiger partial charge in [0, 0.05) is 30.6 Å². The molecule has 1 atom stereocenters. The lowest BCUT2D eigenvalue weighted by Crippen LogP contribution is -2.30. The molecule has 15 heteroatoms. The lowest BCUT2D eigenvalue weighted by Gasteiger charge is -2.18. The van der Waals surface area contributed by atoms with Gasteiger partial charge in [-0.05, 0) is 30.3 Å². The Morgan fingerprint density at radius 2 is 1.80 bits per heavy atom. The fourth-order valence-corrected chi connectivity index (χ4v) is 3.52. The van der Waals surface area contributed by atoms with Gasteiger partial charge in [0.1, 0.15) is 17.4 Å². The van der Waals surface area contributed by atoms with Crippen LogP contribution in [0.3, 0.4) is 0 Å². The molecular formula is C26H21F2N5O8. The van der Waals surface area contributed by atoms with Gasteiger partial charge in [-0.2, -0.15) is 13.8 Å². The van der Waals surface area contributed by atoms with E-state index in [2.05, 4.69) is 9.97 Å². The van der Waals surface area contributed by atoms with Crippen LogP contribution in [0.5, 0.6) is 34.8 Å². The smallest absolute Gasteiger partial charge is 0.345 e. The van der Waals surface area contributed by atoms with Crippen LogP contribution in [0.15, 0.2) is 54.9 Å². The van der Waals surface area contributed by atoms with E-state index in [-0.39, 0.29) is 11.3 Å². The number of pyridine rings is 1. The van der Waals surface area contributed by atoms with Gasteiger partial charge in [-0.3, -0.25) is 10.2 Å². The van der Waals surface area contributed by atoms with Crippen LogP contribution in [0.2, 0.25) is 0 Å². The summed E-state index contributed by atoms with van der Waals surface area (Å²) in [5.41, 5.74) is 6.08. The molecule has 4 rings (SSSR count). The number of carboxylic acids is 2. The number of hydrogen-bond donors (Lipinski definition) is 5. The van der Waals surface area contributed by atoms with E-state index in [1.165, 1.54) is 18.2 Å². The zero-order chi connectivity index (χ0) is 29.8. The second kappa shape index (κ2) is 11.6. The highest BCUT2D eigenvalue weighted by Crippen LogP contribution is 2.40. The van der Waals surface area contributed by atoms with E-state index in [0.717, 1.165) is 12.1 Å². The first-order chi connectivity index (χ1) is 19.4. The van der Waals surface area contributed by atoms with E-state index < -0.39 is 70.9 Å². The van der Waals surface area contributed by atoms with Crippen LogP contribution in [0.4, 0.5) is 8.78 Å². The first-order valence-corrected chi connectivity index (χ1v) is 11.6. The second-order valence-corrected chi connectivity index (χ2v) is 8.41. The molecule has 41 heavy (non-hydrogen) atoms. The molecule has 0 saturated heterocycles. The van der Waals surface area contributed by atoms with Crippen LogP contribution in [0.25, 0.3) is 11.4 Å². The molecule has 0 aliphatic rings. The number of nitrogens with zero attached hydrogens (tertiary/aromatic N) is 3. The number of aromatic hydroxyl groups is 1. The number of nitrogens with two attached hydrogens (primary N) is 1. The van der Waals surface area contributed by atoms with Crippen LogP contribution < -0.4 is 19.9 Å². The summed E-state index contributed by atoms with van der Waals surface area (Å²) in [6.07, 6.45) is -0.0928. The Balaban J connectivity index is 1.81. The molecular weight excluding hydrogens is 548 g/mol. The molecule has 2 aromatic heterocycles. The van der Waals surface area contributed by atoms with E-state index in [0.29, 0.717) is 11.4 Å². The Kier molecular flexibility index (Phi) is 7.98. The van der Waals surface area contributed by atoms with Gasteiger partial charge < -0.3 is 39.8 Å². The average molecular weight is 569 g/mol. The van der Waals surface area contributed by atoms with E-state index in [1.54, 1.807) is 36.1 Å². The molecule has 2 heterocycles. The first-order valence-electron chi connectivity index (χ1n) is 11.6. The van der Waals surface area contributed by atoms with Crippen LogP contribution in [-0.2, 0) is 16.6 Å². The van der Waals surface area contributed by atoms with Gasteiger partial charge in [0.2, 0.25) is 23.5 Å². The van der Waals surface area contributed by atoms with Crippen LogP contribution in [0.1, 0.15) is 12.0 Å². The Morgan fingerprint density at radius 3 is 2.41 bits per heavy atom. The highest BCUT2D eigenvalue weighted by Gasteiger charge is 2.31. The number of rotatable bonds is 11. The molecule has 0 bridgehead atoms. The molecule has 1 unspecified atom stereocenters. The number of halogens is 2. The fraction of sp³-hybridized carbons (Fsp3) is 0.115. The van der Waals surface area contributed by atoms with E-state index in [9.17, 15) is 19.8 Å². The summed E-state index contributed by atoms with van der Waals surface area (Å²) in [5, 5.41) is 36.1. The number of amidine groups is 1. The standard InChI is InChI=1S/C26H21F2N5O8/c1-33-8-7-31-23(33)13-3-2-4-14(9-13)39-24-19(27)21(40-17(26(37)38)11-18(35)36)20(28)25(32-24)41-16-10-12(22(29)30)5-6-15(16)34/h2-10,17,34H,11H2,1H3,(H3,29,30)(H,35,36)(H,37,38). The van der Waals surface area contributed by atoms with Crippen LogP contribution in [-0.4, -0.2) is 53.7 Å². The van der Waals surface area contributed by atoms with Crippen molar-refractivity contribution in [2.45, 2.75) is 12.5 Å². The topological polar surface area (TPSA) is 203 Å². The third-order valence-electron chi connectivity index (χ3n) is 5.48. The molecule has 2 aromatic carbocycles. The van der Waals surface area contributed by atoms with E-state index in [1.807, 2.05) is 0 Å². The molecule has 0 amide bonds. The van der Waals surface area contributed by atoms with Crippen molar-refractivity contribution in [3.63, 3.8) is 0 Å². The van der Waals surface area contributed by atoms with Gasteiger partial charge in [-0.1, -0.05) is 12.1 Å². The summed E-state index contributed by atoms with van der Waals surface area (Å²) < 4.78 is 48.5. The number of ether oxygens (including phenoxy) is 3. The minimum Gasteiger partial charge on any atom is -0.504 e. The molecule has 0 aliphatic carbocycles. The molecule has 0 aliphatic heterocycles. The van der Waals surface area contributed by atoms with Gasteiger partial charge in [0.25, 0.3) is 11.8 Å². The number of imidazole rings is 1. The number of nitrogens with one attached hydrogen (secondary N) is 1. The van der Waals surface area contributed by atoms with Crippen LogP contribution in [0, 0.1) is 17.0 Å². The van der Waals surface area contributed by atoms with Crippen molar-refractivity contribution in [2.24, 2.45) is 12.8 Å². The van der Waals surface area contributed by atoms with Crippen molar-refractivity contribution >= 4 is 17.8 Å². The summed E-state index contributed by atoms with van der Waals surface area (Å²) in [5.74, 6) is -10.9. The Hall–Kier alpha value is -5.73. The highest BCUT2D eigenvalue weighted by molar-refractivity contribution is 5.95. The maximum Gasteiger partial charge on any atom is 0.345 e. The molecule has 13 nitrogen and oxygen atoms in total. The normalized spacial score (nSPS) is 11.5. The Labute approximate surface area is 229 Å². The molecule has 0 radical (unpaired) electrons. The molecule has 4 aromatic rings. The summed E-state index contributed by atoms with van der Waals surface area (Å²) in [6.45, 7) is 0. The lowest BCUT2D eigenvalue weighted by atomic mass is 10.2. The van der Waals surface area contributed by atoms with E-state index >= 15 is 8.78 Å². The summed E-state index contributed by atoms with van der Waals surface area (Å²) in [7, 11) is 1.75. The number of aromatic nitrogens is 3. The number of nitrogen functional groups attached to an aromatic ring is 1. The van der Waals surface area contributed by atoms with Crippen molar-refractivity contribution in [1.82, 2.24) is 14.5 Å². The molecule has 6 N–H and O–H groups in total. The summed E-state index contributed by atoms with van der Waals surface area (Å²) >= 11 is 0. The highest BCUT2D eigenvalue weighted by atomic mass is 19.1. The maximum atomic E-state index is 15.5. The first kappa shape index (κ1) is 28.3. The number of hydrogen-bond acceptors (Lipinski definition) is 9. The summed E-state index contributed by atoms with van der Waals surface area (Å²) in [4.78, 5) is 30.6. The van der Waals surface area contributed by atoms with Gasteiger partial charge >= 0.3 is 11.9 Å². The van der Waals surface area contributed by atoms with Crippen LogP contribution >= 0.6 is 0 Å². The molecule has 0 spiro atoms. The predicted octanol–water partition coefficient (Wildman–Crippen LogP) is 3.64. The zero-order valence-electron chi connectivity index (χ0n) is 21.0. The number of phenols is 1. The van der Waals surface area contributed by atoms with Gasteiger partial charge in [0.05, 0.1) is 6.42 Å². The van der Waals surface area contributed by atoms with Crippen molar-refractivity contribution in [2.75, 3.05) is 0 Å². The van der Waals surface area contributed by atoms with E-state index in [4.69, 9.17) is 30.5 Å². The van der Waals surface area contributed by atoms with Crippen molar-refractivity contribution < 1.29 is 47.9 Å².